The summed E-state index contributed by atoms with van der Waals surface area (Å²) in [4.78, 5) is 0. The molecule has 0 radical (unpaired) electrons. The van der Waals surface area contributed by atoms with Crippen LogP contribution in [0.15, 0.2) is 97.1 Å². The Labute approximate surface area is 235 Å². The number of hydrogen-bond acceptors (Lipinski definition) is 1. The van der Waals surface area contributed by atoms with Crippen molar-refractivity contribution in [3.05, 3.63) is 130 Å². The molecule has 0 saturated heterocycles. The van der Waals surface area contributed by atoms with E-state index in [2.05, 4.69) is 102 Å². The Morgan fingerprint density at radius 1 is 0.436 bits per heavy atom. The van der Waals surface area contributed by atoms with Crippen LogP contribution in [-0.4, -0.2) is 0 Å². The predicted octanol–water partition coefficient (Wildman–Crippen LogP) is 10.7. The standard InChI is InChI=1S/C38H43N/c1-3-11-31(12-4-1)33-23-19-29(20-24-33)27-35-15-7-9-17-37(35)39-38-18-10-8-16-36(38)28-30-21-25-34(26-22-30)32-13-5-2-6-14-32/h7-10,15-26,31-32,39H,1-6,11-14,27-28H2. The molecule has 0 atom stereocenters. The van der Waals surface area contributed by atoms with Crippen molar-refractivity contribution in [3.63, 3.8) is 0 Å². The summed E-state index contributed by atoms with van der Waals surface area (Å²) in [6, 6.07) is 36.5. The molecule has 1 heteroatoms. The van der Waals surface area contributed by atoms with E-state index in [1.807, 2.05) is 0 Å². The zero-order chi connectivity index (χ0) is 26.3. The van der Waals surface area contributed by atoms with Gasteiger partial charge in [0, 0.05) is 11.4 Å². The first kappa shape index (κ1) is 25.9. The molecular formula is C38H43N. The van der Waals surface area contributed by atoms with Crippen molar-refractivity contribution < 1.29 is 0 Å². The number of hydrogen-bond donors (Lipinski definition) is 1. The first-order valence-electron chi connectivity index (χ1n) is 15.4. The molecule has 0 bridgehead atoms. The maximum absolute atomic E-state index is 3.81. The molecule has 4 aromatic rings. The van der Waals surface area contributed by atoms with Crippen LogP contribution in [0.5, 0.6) is 0 Å². The molecule has 200 valence electrons. The van der Waals surface area contributed by atoms with Gasteiger partial charge in [-0.2, -0.15) is 0 Å². The molecule has 0 aromatic heterocycles. The third-order valence-corrected chi connectivity index (χ3v) is 9.21. The van der Waals surface area contributed by atoms with Crippen molar-refractivity contribution in [2.45, 2.75) is 88.9 Å². The van der Waals surface area contributed by atoms with Gasteiger partial charge in [-0.25, -0.2) is 0 Å². The lowest BCUT2D eigenvalue weighted by Gasteiger charge is -2.22. The second-order valence-corrected chi connectivity index (χ2v) is 11.9. The molecule has 6 rings (SSSR count). The van der Waals surface area contributed by atoms with Crippen molar-refractivity contribution in [1.82, 2.24) is 0 Å². The molecule has 39 heavy (non-hydrogen) atoms. The van der Waals surface area contributed by atoms with E-state index in [0.717, 1.165) is 24.7 Å². The Balaban J connectivity index is 1.15. The van der Waals surface area contributed by atoms with Gasteiger partial charge in [0.1, 0.15) is 0 Å². The van der Waals surface area contributed by atoms with Crippen molar-refractivity contribution in [2.75, 3.05) is 5.32 Å². The largest absolute Gasteiger partial charge is 0.355 e. The smallest absolute Gasteiger partial charge is 0.0420 e. The number of benzene rings is 4. The highest BCUT2D eigenvalue weighted by Crippen LogP contribution is 2.34. The van der Waals surface area contributed by atoms with Crippen LogP contribution in [0.4, 0.5) is 11.4 Å². The fourth-order valence-electron chi connectivity index (χ4n) is 6.86. The first-order chi connectivity index (χ1) is 19.3. The van der Waals surface area contributed by atoms with Gasteiger partial charge in [-0.05, 0) is 95.9 Å². The summed E-state index contributed by atoms with van der Waals surface area (Å²) >= 11 is 0. The van der Waals surface area contributed by atoms with E-state index in [-0.39, 0.29) is 0 Å². The molecule has 0 unspecified atom stereocenters. The van der Waals surface area contributed by atoms with Crippen LogP contribution in [0.3, 0.4) is 0 Å². The van der Waals surface area contributed by atoms with Crippen LogP contribution < -0.4 is 5.32 Å². The summed E-state index contributed by atoms with van der Waals surface area (Å²) in [6.07, 6.45) is 15.7. The normalized spacial score (nSPS) is 16.7. The van der Waals surface area contributed by atoms with E-state index in [4.69, 9.17) is 0 Å². The van der Waals surface area contributed by atoms with Crippen LogP contribution in [-0.2, 0) is 12.8 Å². The van der Waals surface area contributed by atoms with E-state index < -0.39 is 0 Å². The molecule has 2 aliphatic rings. The van der Waals surface area contributed by atoms with E-state index in [0.29, 0.717) is 0 Å². The molecule has 0 aliphatic heterocycles. The fraction of sp³-hybridized carbons (Fsp3) is 0.368. The van der Waals surface area contributed by atoms with Gasteiger partial charge >= 0.3 is 0 Å². The lowest BCUT2D eigenvalue weighted by Crippen LogP contribution is -2.05. The maximum atomic E-state index is 3.81. The second kappa shape index (κ2) is 12.7. The quantitative estimate of drug-likeness (QED) is 0.247. The monoisotopic (exact) mass is 513 g/mol. The summed E-state index contributed by atoms with van der Waals surface area (Å²) in [5.74, 6) is 1.53. The van der Waals surface area contributed by atoms with Crippen LogP contribution >= 0.6 is 0 Å². The minimum absolute atomic E-state index is 0.765. The van der Waals surface area contributed by atoms with Crippen molar-refractivity contribution in [1.29, 1.82) is 0 Å². The maximum Gasteiger partial charge on any atom is 0.0420 e. The van der Waals surface area contributed by atoms with Gasteiger partial charge in [-0.15, -0.1) is 0 Å². The number of anilines is 2. The predicted molar refractivity (Wildman–Crippen MR) is 166 cm³/mol. The van der Waals surface area contributed by atoms with E-state index >= 15 is 0 Å². The van der Waals surface area contributed by atoms with Gasteiger partial charge in [0.15, 0.2) is 0 Å². The second-order valence-electron chi connectivity index (χ2n) is 11.9. The summed E-state index contributed by atoms with van der Waals surface area (Å²) in [6.45, 7) is 0. The van der Waals surface area contributed by atoms with Crippen LogP contribution in [0.2, 0.25) is 0 Å². The van der Waals surface area contributed by atoms with Crippen LogP contribution in [0.1, 0.15) is 109 Å². The van der Waals surface area contributed by atoms with E-state index in [1.165, 1.54) is 109 Å². The van der Waals surface area contributed by atoms with Gasteiger partial charge in [0.05, 0.1) is 0 Å². The third-order valence-electron chi connectivity index (χ3n) is 9.21. The van der Waals surface area contributed by atoms with Gasteiger partial charge in [-0.1, -0.05) is 123 Å². The average molecular weight is 514 g/mol. The summed E-state index contributed by atoms with van der Waals surface area (Å²) < 4.78 is 0. The van der Waals surface area contributed by atoms with Gasteiger partial charge < -0.3 is 5.32 Å². The van der Waals surface area contributed by atoms with E-state index in [9.17, 15) is 0 Å². The van der Waals surface area contributed by atoms with E-state index in [1.54, 1.807) is 0 Å². The third kappa shape index (κ3) is 6.64. The Morgan fingerprint density at radius 2 is 0.821 bits per heavy atom. The van der Waals surface area contributed by atoms with Gasteiger partial charge in [0.2, 0.25) is 0 Å². The summed E-state index contributed by atoms with van der Waals surface area (Å²) in [7, 11) is 0. The highest BCUT2D eigenvalue weighted by Gasteiger charge is 2.16. The molecule has 2 fully saturated rings. The van der Waals surface area contributed by atoms with Crippen molar-refractivity contribution >= 4 is 11.4 Å². The lowest BCUT2D eigenvalue weighted by atomic mass is 9.84. The van der Waals surface area contributed by atoms with Crippen LogP contribution in [0, 0.1) is 0 Å². The highest BCUT2D eigenvalue weighted by atomic mass is 14.9. The highest BCUT2D eigenvalue weighted by molar-refractivity contribution is 5.67. The summed E-state index contributed by atoms with van der Waals surface area (Å²) in [5.41, 5.74) is 10.9. The molecule has 0 amide bonds. The molecule has 1 nitrogen and oxygen atoms in total. The Morgan fingerprint density at radius 3 is 1.23 bits per heavy atom. The van der Waals surface area contributed by atoms with Crippen molar-refractivity contribution in [2.24, 2.45) is 0 Å². The SMILES string of the molecule is c1ccc(Nc2ccccc2Cc2ccc(C3CCCCC3)cc2)c(Cc2ccc(C3CCCCC3)cc2)c1. The van der Waals surface area contributed by atoms with Crippen molar-refractivity contribution in [3.8, 4) is 0 Å². The van der Waals surface area contributed by atoms with Crippen LogP contribution in [0.25, 0.3) is 0 Å². The number of nitrogens with one attached hydrogen (secondary N) is 1. The summed E-state index contributed by atoms with van der Waals surface area (Å²) in [5, 5.41) is 3.81. The molecular weight excluding hydrogens is 470 g/mol. The lowest BCUT2D eigenvalue weighted by molar-refractivity contribution is 0.443. The minimum Gasteiger partial charge on any atom is -0.355 e. The zero-order valence-electron chi connectivity index (χ0n) is 23.4. The molecule has 1 N–H and O–H groups in total. The zero-order valence-corrected chi connectivity index (χ0v) is 23.4. The Kier molecular flexibility index (Phi) is 8.44. The fourth-order valence-corrected chi connectivity index (χ4v) is 6.86. The molecule has 2 saturated carbocycles. The molecule has 2 aliphatic carbocycles. The molecule has 0 spiro atoms. The topological polar surface area (TPSA) is 12.0 Å². The van der Waals surface area contributed by atoms with Gasteiger partial charge in [0.25, 0.3) is 0 Å². The van der Waals surface area contributed by atoms with Gasteiger partial charge in [-0.3, -0.25) is 0 Å². The molecule has 4 aromatic carbocycles. The first-order valence-corrected chi connectivity index (χ1v) is 15.4. The average Bonchev–Trinajstić information content (AvgIpc) is 3.01. The Bertz CT molecular complexity index is 1220. The molecule has 0 heterocycles. The minimum atomic E-state index is 0.765. The number of para-hydroxylation sites is 2. The Hall–Kier alpha value is -3.32. The number of rotatable bonds is 8.